The van der Waals surface area contributed by atoms with Gasteiger partial charge in [0.1, 0.15) is 30.1 Å². The zero-order valence-electron chi connectivity index (χ0n) is 18.1. The fourth-order valence-electron chi connectivity index (χ4n) is 3.47. The predicted molar refractivity (Wildman–Crippen MR) is 118 cm³/mol. The molecule has 3 rings (SSSR count). The van der Waals surface area contributed by atoms with E-state index in [1.165, 1.54) is 13.0 Å². The third kappa shape index (κ3) is 4.83. The van der Waals surface area contributed by atoms with Crippen LogP contribution in [0.25, 0.3) is 10.9 Å². The number of rotatable bonds is 7. The van der Waals surface area contributed by atoms with Crippen LogP contribution in [0.2, 0.25) is 6.43 Å². The highest BCUT2D eigenvalue weighted by atomic mass is 79.9. The number of aliphatic hydroxyl groups is 3. The Morgan fingerprint density at radius 2 is 2.18 bits per heavy atom. The average molecular weight is 545 g/mol. The highest BCUT2D eigenvalue weighted by Crippen LogP contribution is 2.35. The number of nitriles is 1. The van der Waals surface area contributed by atoms with E-state index >= 15 is 0 Å². The lowest BCUT2D eigenvalue weighted by Crippen LogP contribution is -2.58. The van der Waals surface area contributed by atoms with Crippen LogP contribution < -0.4 is 5.31 Å². The van der Waals surface area contributed by atoms with Crippen LogP contribution in [0, 0.1) is 11.3 Å². The van der Waals surface area contributed by atoms with Crippen molar-refractivity contribution in [2.75, 3.05) is 6.61 Å². The summed E-state index contributed by atoms with van der Waals surface area (Å²) in [6.07, 6.45) is -4.37. The number of carbonyl (C=O) groups is 2. The summed E-state index contributed by atoms with van der Waals surface area (Å²) in [5.41, 5.74) is 0.254. The number of nitrogens with one attached hydrogen (secondary N) is 1. The van der Waals surface area contributed by atoms with Crippen molar-refractivity contribution in [3.05, 3.63) is 39.2 Å². The van der Waals surface area contributed by atoms with Crippen molar-refractivity contribution in [1.29, 1.82) is 5.26 Å². The van der Waals surface area contributed by atoms with Crippen LogP contribution in [0.1, 0.15) is 25.1 Å². The number of fused-ring (bicyclic) bond motifs is 1. The van der Waals surface area contributed by atoms with Crippen molar-refractivity contribution >= 4 is 50.3 Å². The number of carboxylic acids is 1. The standard InChI is InChI=1S/C20H20BrClN4O7/c1-2-16(29)24-17-12(5-15(20(31)32)33-19(17)18(30)14(28)7-27)26-13(6-23)8-3-9(21)10(22)4-11(8)25-26/h3-5,12,14,17-19,27-28,30H,2,7H2,1H3,(H,24,29)(H,31,32)/t12-,14+,17+,18+,19+/m0/s1/i/hD. The molecule has 0 fully saturated rings. The van der Waals surface area contributed by atoms with E-state index in [1.54, 1.807) is 6.07 Å². The summed E-state index contributed by atoms with van der Waals surface area (Å²) in [6.45, 7) is 0.601. The number of aliphatic carboxylic acids is 1. The molecule has 33 heavy (non-hydrogen) atoms. The molecule has 1 aromatic carbocycles. The zero-order chi connectivity index (χ0) is 25.3. The monoisotopic (exact) mass is 543 g/mol. The van der Waals surface area contributed by atoms with Crippen LogP contribution in [0.3, 0.4) is 0 Å². The summed E-state index contributed by atoms with van der Waals surface area (Å²) in [4.78, 5) is 24.2. The maximum atomic E-state index is 12.5. The van der Waals surface area contributed by atoms with Gasteiger partial charge in [0.15, 0.2) is 1.41 Å². The lowest BCUT2D eigenvalue weighted by Gasteiger charge is -2.40. The van der Waals surface area contributed by atoms with Crippen LogP contribution in [-0.2, 0) is 14.3 Å². The molecule has 2 heterocycles. The summed E-state index contributed by atoms with van der Waals surface area (Å²) >= 11 is 9.42. The van der Waals surface area contributed by atoms with Crippen LogP contribution in [0.5, 0.6) is 0 Å². The van der Waals surface area contributed by atoms with Gasteiger partial charge in [0.05, 0.1) is 29.2 Å². The molecule has 0 radical (unpaired) electrons. The number of amides is 1. The highest BCUT2D eigenvalue weighted by molar-refractivity contribution is 9.10. The van der Waals surface area contributed by atoms with Crippen LogP contribution in [0.4, 0.5) is 0 Å². The van der Waals surface area contributed by atoms with E-state index in [4.69, 9.17) is 17.7 Å². The van der Waals surface area contributed by atoms with Crippen molar-refractivity contribution in [3.63, 3.8) is 0 Å². The first-order chi connectivity index (χ1) is 16.0. The van der Waals surface area contributed by atoms with E-state index in [-0.39, 0.29) is 17.6 Å². The Bertz CT molecular complexity index is 1200. The fraction of sp³-hybridized carbons (Fsp3) is 0.400. The Labute approximate surface area is 202 Å². The predicted octanol–water partition coefficient (Wildman–Crippen LogP) is 0.841. The van der Waals surface area contributed by atoms with Gasteiger partial charge in [-0.05, 0) is 34.1 Å². The summed E-state index contributed by atoms with van der Waals surface area (Å²) in [5.74, 6) is -2.89. The van der Waals surface area contributed by atoms with Gasteiger partial charge in [-0.15, -0.1) is 0 Å². The Morgan fingerprint density at radius 1 is 1.48 bits per heavy atom. The quantitative estimate of drug-likeness (QED) is 0.338. The minimum absolute atomic E-state index is 0.0291. The zero-order valence-corrected chi connectivity index (χ0v) is 19.4. The molecule has 1 aromatic heterocycles. The molecule has 0 spiro atoms. The normalized spacial score (nSPS) is 22.5. The second-order valence-electron chi connectivity index (χ2n) is 7.21. The van der Waals surface area contributed by atoms with Gasteiger partial charge in [0, 0.05) is 16.3 Å². The van der Waals surface area contributed by atoms with Gasteiger partial charge >= 0.3 is 5.97 Å². The molecule has 1 aliphatic heterocycles. The molecule has 2 aromatic rings. The van der Waals surface area contributed by atoms with Crippen molar-refractivity contribution in [1.82, 2.24) is 15.1 Å². The molecular weight excluding hydrogens is 524 g/mol. The molecular formula is C20H20BrClN4O7. The van der Waals surface area contributed by atoms with Crippen LogP contribution >= 0.6 is 27.5 Å². The Morgan fingerprint density at radius 3 is 2.76 bits per heavy atom. The Balaban J connectivity index is 2.30. The van der Waals surface area contributed by atoms with Crippen molar-refractivity contribution in [2.45, 2.75) is 43.7 Å². The molecule has 176 valence electrons. The SMILES string of the molecule is [2H]N(C(=O)CC)[C@H]1[C@H]([C@H](O)[C@H](O)CO)OC(C(=O)O)=C[C@@H]1n1nc2cc(Cl)c(Br)cc2c1C#N. The molecule has 1 aliphatic rings. The Kier molecular flexibility index (Phi) is 7.16. The van der Waals surface area contributed by atoms with E-state index in [2.05, 4.69) is 21.0 Å². The second-order valence-corrected chi connectivity index (χ2v) is 8.47. The average Bonchev–Trinajstić information content (AvgIpc) is 3.18. The third-order valence-electron chi connectivity index (χ3n) is 5.12. The third-order valence-corrected chi connectivity index (χ3v) is 6.32. The fourth-order valence-corrected chi connectivity index (χ4v) is 3.97. The lowest BCUT2D eigenvalue weighted by molar-refractivity contribution is -0.147. The van der Waals surface area contributed by atoms with Gasteiger partial charge in [-0.2, -0.15) is 10.4 Å². The van der Waals surface area contributed by atoms with E-state index in [9.17, 15) is 35.3 Å². The van der Waals surface area contributed by atoms with Crippen molar-refractivity contribution in [2.24, 2.45) is 0 Å². The van der Waals surface area contributed by atoms with Gasteiger partial charge in [-0.1, -0.05) is 18.5 Å². The highest BCUT2D eigenvalue weighted by Gasteiger charge is 2.45. The van der Waals surface area contributed by atoms with Gasteiger partial charge in [0.2, 0.25) is 11.7 Å². The molecule has 0 saturated carbocycles. The maximum absolute atomic E-state index is 12.5. The van der Waals surface area contributed by atoms with Crippen molar-refractivity contribution < 1.29 is 36.2 Å². The topological polar surface area (TPSA) is 178 Å². The molecule has 5 N–H and O–H groups in total. The minimum Gasteiger partial charge on any atom is -0.478 e. The summed E-state index contributed by atoms with van der Waals surface area (Å²) in [6, 6.07) is 2.30. The summed E-state index contributed by atoms with van der Waals surface area (Å²) in [5, 5.41) is 54.9. The summed E-state index contributed by atoms with van der Waals surface area (Å²) in [7, 11) is 0. The molecule has 13 heteroatoms. The van der Waals surface area contributed by atoms with E-state index in [1.807, 2.05) is 6.07 Å². The maximum Gasteiger partial charge on any atom is 0.370 e. The molecule has 0 aliphatic carbocycles. The van der Waals surface area contributed by atoms with Crippen LogP contribution in [-0.4, -0.2) is 73.0 Å². The Hall–Kier alpha value is -2.69. The smallest absolute Gasteiger partial charge is 0.370 e. The van der Waals surface area contributed by atoms with Crippen LogP contribution in [0.15, 0.2) is 28.4 Å². The number of halogens is 2. The number of hydrogen-bond donors (Lipinski definition) is 5. The number of ether oxygens (including phenoxy) is 1. The van der Waals surface area contributed by atoms with Gasteiger partial charge < -0.3 is 30.5 Å². The lowest BCUT2D eigenvalue weighted by atomic mass is 9.91. The number of carboxylic acid groups (broad SMARTS) is 1. The number of nitrogens with zero attached hydrogens (tertiary/aromatic N) is 3. The van der Waals surface area contributed by atoms with Gasteiger partial charge in [-0.3, -0.25) is 4.79 Å². The molecule has 1 amide bonds. The molecule has 11 nitrogen and oxygen atoms in total. The van der Waals surface area contributed by atoms with Crippen molar-refractivity contribution in [3.8, 4) is 6.07 Å². The summed E-state index contributed by atoms with van der Waals surface area (Å²) < 4.78 is 15.4. The minimum atomic E-state index is -1.89. The number of carbonyl (C=O) groups excluding carboxylic acids is 1. The molecule has 5 atom stereocenters. The largest absolute Gasteiger partial charge is 0.478 e. The number of hydrogen-bond acceptors (Lipinski definition) is 8. The first-order valence-corrected chi connectivity index (χ1v) is 10.9. The molecule has 0 bridgehead atoms. The number of aliphatic hydroxyl groups excluding tert-OH is 3. The second kappa shape index (κ2) is 10.1. The molecule has 0 saturated heterocycles. The number of benzene rings is 1. The first kappa shape index (κ1) is 23.5. The van der Waals surface area contributed by atoms with E-state index in [0.717, 1.165) is 10.8 Å². The number of aromatic nitrogens is 2. The van der Waals surface area contributed by atoms with E-state index < -0.39 is 54.6 Å². The first-order valence-electron chi connectivity index (χ1n) is 10.2. The van der Waals surface area contributed by atoms with Gasteiger partial charge in [0.25, 0.3) is 0 Å². The molecule has 0 unspecified atom stereocenters. The van der Waals surface area contributed by atoms with E-state index in [0.29, 0.717) is 20.2 Å². The van der Waals surface area contributed by atoms with Gasteiger partial charge in [-0.25, -0.2) is 9.48 Å².